The van der Waals surface area contributed by atoms with Gasteiger partial charge in [0.1, 0.15) is 5.82 Å². The Hall–Kier alpha value is -2.86. The first-order valence-electron chi connectivity index (χ1n) is 8.93. The van der Waals surface area contributed by atoms with Crippen molar-refractivity contribution >= 4 is 23.9 Å². The molecule has 0 saturated carbocycles. The molecule has 1 amide bonds. The number of thioether (sulfide) groups is 1. The van der Waals surface area contributed by atoms with E-state index in [9.17, 15) is 9.18 Å². The molecule has 0 aliphatic heterocycles. The molecule has 3 rings (SSSR count). The molecule has 28 heavy (non-hydrogen) atoms. The quantitative estimate of drug-likeness (QED) is 0.469. The van der Waals surface area contributed by atoms with Gasteiger partial charge in [-0.2, -0.15) is 5.10 Å². The summed E-state index contributed by atoms with van der Waals surface area (Å²) in [4.78, 5) is 11.9. The predicted molar refractivity (Wildman–Crippen MR) is 114 cm³/mol. The number of benzene rings is 2. The summed E-state index contributed by atoms with van der Waals surface area (Å²) in [6.45, 7) is 3.81. The van der Waals surface area contributed by atoms with Crippen LogP contribution in [0.1, 0.15) is 22.5 Å². The van der Waals surface area contributed by atoms with Crippen molar-refractivity contribution in [2.24, 2.45) is 5.10 Å². The largest absolute Gasteiger partial charge is 0.315 e. The Labute approximate surface area is 168 Å². The Kier molecular flexibility index (Phi) is 6.66. The van der Waals surface area contributed by atoms with Crippen molar-refractivity contribution in [3.8, 4) is 5.69 Å². The molecule has 1 aromatic heterocycles. The Bertz CT molecular complexity index is 983. The molecule has 0 radical (unpaired) electrons. The van der Waals surface area contributed by atoms with Crippen LogP contribution in [0.4, 0.5) is 4.39 Å². The number of aryl methyl sites for hydroxylation is 1. The van der Waals surface area contributed by atoms with Crippen molar-refractivity contribution in [2.45, 2.75) is 19.6 Å². The van der Waals surface area contributed by atoms with Crippen molar-refractivity contribution in [1.29, 1.82) is 0 Å². The topological polar surface area (TPSA) is 46.4 Å². The zero-order valence-electron chi connectivity index (χ0n) is 15.9. The Morgan fingerprint density at radius 2 is 1.86 bits per heavy atom. The monoisotopic (exact) mass is 395 g/mol. The van der Waals surface area contributed by atoms with Crippen LogP contribution in [-0.2, 0) is 10.5 Å². The molecule has 0 spiro atoms. The second-order valence-corrected chi connectivity index (χ2v) is 7.37. The number of halogens is 1. The number of para-hydroxylation sites is 1. The number of hydrogen-bond donors (Lipinski definition) is 1. The second-order valence-electron chi connectivity index (χ2n) is 6.38. The Morgan fingerprint density at radius 3 is 2.61 bits per heavy atom. The van der Waals surface area contributed by atoms with Gasteiger partial charge in [0.25, 0.3) is 0 Å². The SMILES string of the molecule is Cc1cc(/C=N\NC(=O)CSCc2ccccc2)c(C)n1-c1ccccc1F. The molecule has 0 aliphatic rings. The fourth-order valence-corrected chi connectivity index (χ4v) is 3.74. The summed E-state index contributed by atoms with van der Waals surface area (Å²) >= 11 is 1.54. The van der Waals surface area contributed by atoms with Crippen molar-refractivity contribution < 1.29 is 9.18 Å². The molecule has 3 aromatic rings. The molecule has 6 heteroatoms. The standard InChI is InChI=1S/C22H22FN3OS/c1-16-12-19(17(2)26(16)21-11-7-6-10-20(21)23)13-24-25-22(27)15-28-14-18-8-4-3-5-9-18/h3-13H,14-15H2,1-2H3,(H,25,27)/b24-13-. The molecule has 0 atom stereocenters. The van der Waals surface area contributed by atoms with Crippen molar-refractivity contribution in [2.75, 3.05) is 5.75 Å². The zero-order chi connectivity index (χ0) is 19.9. The summed E-state index contributed by atoms with van der Waals surface area (Å²) in [7, 11) is 0. The summed E-state index contributed by atoms with van der Waals surface area (Å²) in [5.74, 6) is 0.680. The maximum absolute atomic E-state index is 14.1. The van der Waals surface area contributed by atoms with E-state index in [1.807, 2.05) is 54.8 Å². The average Bonchev–Trinajstić information content (AvgIpc) is 2.97. The molecular formula is C22H22FN3OS. The lowest BCUT2D eigenvalue weighted by atomic mass is 10.2. The van der Waals surface area contributed by atoms with Gasteiger partial charge in [-0.25, -0.2) is 9.82 Å². The van der Waals surface area contributed by atoms with E-state index in [4.69, 9.17) is 0 Å². The molecule has 0 unspecified atom stereocenters. The van der Waals surface area contributed by atoms with Gasteiger partial charge >= 0.3 is 0 Å². The van der Waals surface area contributed by atoms with E-state index in [0.717, 1.165) is 22.7 Å². The first-order valence-corrected chi connectivity index (χ1v) is 10.1. The lowest BCUT2D eigenvalue weighted by molar-refractivity contribution is -0.118. The number of hydrogen-bond acceptors (Lipinski definition) is 3. The molecule has 1 heterocycles. The lowest BCUT2D eigenvalue weighted by Crippen LogP contribution is -2.19. The number of carbonyl (C=O) groups is 1. The van der Waals surface area contributed by atoms with E-state index in [1.165, 1.54) is 23.4 Å². The maximum atomic E-state index is 14.1. The molecule has 2 aromatic carbocycles. The molecule has 4 nitrogen and oxygen atoms in total. The third-order valence-electron chi connectivity index (χ3n) is 4.30. The minimum atomic E-state index is -0.281. The number of nitrogens with zero attached hydrogens (tertiary/aromatic N) is 2. The fourth-order valence-electron chi connectivity index (χ4n) is 2.96. The number of rotatable bonds is 7. The normalized spacial score (nSPS) is 11.1. The van der Waals surface area contributed by atoms with Crippen LogP contribution >= 0.6 is 11.8 Å². The van der Waals surface area contributed by atoms with Crippen LogP contribution in [0, 0.1) is 19.7 Å². The summed E-state index contributed by atoms with van der Waals surface area (Å²) in [6.07, 6.45) is 1.60. The number of aromatic nitrogens is 1. The summed E-state index contributed by atoms with van der Waals surface area (Å²) in [5.41, 5.74) is 6.82. The van der Waals surface area contributed by atoms with Crippen LogP contribution < -0.4 is 5.43 Å². The third kappa shape index (κ3) is 4.89. The fraction of sp³-hybridized carbons (Fsp3) is 0.182. The van der Waals surface area contributed by atoms with E-state index in [-0.39, 0.29) is 11.7 Å². The minimum Gasteiger partial charge on any atom is -0.315 e. The van der Waals surface area contributed by atoms with E-state index in [0.29, 0.717) is 11.4 Å². The molecule has 0 bridgehead atoms. The van der Waals surface area contributed by atoms with Crippen LogP contribution in [0.5, 0.6) is 0 Å². The van der Waals surface area contributed by atoms with Crippen LogP contribution in [0.2, 0.25) is 0 Å². The first kappa shape index (κ1) is 19.9. The molecular weight excluding hydrogens is 373 g/mol. The smallest absolute Gasteiger partial charge is 0.250 e. The average molecular weight is 396 g/mol. The molecule has 0 saturated heterocycles. The molecule has 144 valence electrons. The van der Waals surface area contributed by atoms with E-state index in [1.54, 1.807) is 24.4 Å². The highest BCUT2D eigenvalue weighted by molar-refractivity contribution is 7.99. The van der Waals surface area contributed by atoms with Gasteiger partial charge in [0.2, 0.25) is 5.91 Å². The van der Waals surface area contributed by atoms with E-state index < -0.39 is 0 Å². The van der Waals surface area contributed by atoms with Crippen LogP contribution in [0.25, 0.3) is 5.69 Å². The Balaban J connectivity index is 1.58. The number of nitrogens with one attached hydrogen (secondary N) is 1. The number of amides is 1. The molecule has 0 fully saturated rings. The number of hydrazone groups is 1. The van der Waals surface area contributed by atoms with Crippen molar-refractivity contribution in [3.63, 3.8) is 0 Å². The van der Waals surface area contributed by atoms with Gasteiger partial charge in [-0.15, -0.1) is 11.8 Å². The highest BCUT2D eigenvalue weighted by Crippen LogP contribution is 2.21. The molecule has 1 N–H and O–H groups in total. The Morgan fingerprint density at radius 1 is 1.14 bits per heavy atom. The highest BCUT2D eigenvalue weighted by Gasteiger charge is 2.12. The number of carbonyl (C=O) groups excluding carboxylic acids is 1. The van der Waals surface area contributed by atoms with Crippen molar-refractivity contribution in [3.05, 3.63) is 89.0 Å². The third-order valence-corrected chi connectivity index (χ3v) is 5.31. The minimum absolute atomic E-state index is 0.153. The van der Waals surface area contributed by atoms with Gasteiger partial charge in [0, 0.05) is 22.7 Å². The van der Waals surface area contributed by atoms with Gasteiger partial charge in [0.05, 0.1) is 17.7 Å². The zero-order valence-corrected chi connectivity index (χ0v) is 16.7. The highest BCUT2D eigenvalue weighted by atomic mass is 32.2. The van der Waals surface area contributed by atoms with Gasteiger partial charge in [-0.05, 0) is 37.6 Å². The molecule has 0 aliphatic carbocycles. The lowest BCUT2D eigenvalue weighted by Gasteiger charge is -2.10. The van der Waals surface area contributed by atoms with Crippen LogP contribution in [0.3, 0.4) is 0 Å². The van der Waals surface area contributed by atoms with Gasteiger partial charge < -0.3 is 4.57 Å². The first-order chi connectivity index (χ1) is 13.6. The van der Waals surface area contributed by atoms with E-state index >= 15 is 0 Å². The van der Waals surface area contributed by atoms with Crippen LogP contribution in [0.15, 0.2) is 65.8 Å². The van der Waals surface area contributed by atoms with Crippen LogP contribution in [-0.4, -0.2) is 22.4 Å². The van der Waals surface area contributed by atoms with Crippen molar-refractivity contribution in [1.82, 2.24) is 9.99 Å². The summed E-state index contributed by atoms with van der Waals surface area (Å²) < 4.78 is 16.0. The van der Waals surface area contributed by atoms with Gasteiger partial charge in [0.15, 0.2) is 0 Å². The second kappa shape index (κ2) is 9.37. The van der Waals surface area contributed by atoms with Gasteiger partial charge in [-0.1, -0.05) is 42.5 Å². The van der Waals surface area contributed by atoms with E-state index in [2.05, 4.69) is 10.5 Å². The summed E-state index contributed by atoms with van der Waals surface area (Å²) in [6, 6.07) is 18.6. The van der Waals surface area contributed by atoms with Gasteiger partial charge in [-0.3, -0.25) is 4.79 Å². The summed E-state index contributed by atoms with van der Waals surface area (Å²) in [5, 5.41) is 4.05. The predicted octanol–water partition coefficient (Wildman–Crippen LogP) is 4.62. The maximum Gasteiger partial charge on any atom is 0.250 e.